The second-order valence-electron chi connectivity index (χ2n) is 5.88. The first-order chi connectivity index (χ1) is 10.2. The van der Waals surface area contributed by atoms with Crippen LogP contribution < -0.4 is 15.8 Å². The topological polar surface area (TPSA) is 60.2 Å². The smallest absolute Gasteiger partial charge is 0.127 e. The van der Waals surface area contributed by atoms with E-state index in [0.717, 1.165) is 29.0 Å². The number of ether oxygens (including phenoxy) is 1. The van der Waals surface area contributed by atoms with Gasteiger partial charge in [-0.25, -0.2) is 4.98 Å². The number of methoxy groups -OCH3 is 1. The number of anilines is 1. The van der Waals surface area contributed by atoms with Crippen LogP contribution in [-0.4, -0.2) is 24.7 Å². The lowest BCUT2D eigenvalue weighted by molar-refractivity contribution is 0.415. The summed E-state index contributed by atoms with van der Waals surface area (Å²) >= 11 is 0. The zero-order valence-electron chi connectivity index (χ0n) is 12.7. The van der Waals surface area contributed by atoms with E-state index >= 15 is 0 Å². The molecule has 3 N–H and O–H groups in total. The molecule has 1 aliphatic rings. The molecule has 1 aromatic heterocycles. The molecule has 0 aliphatic heterocycles. The number of benzene rings is 1. The first-order valence-corrected chi connectivity index (χ1v) is 7.63. The van der Waals surface area contributed by atoms with Gasteiger partial charge in [-0.3, -0.25) is 0 Å². The van der Waals surface area contributed by atoms with E-state index in [4.69, 9.17) is 15.5 Å². The minimum absolute atomic E-state index is 0.456. The van der Waals surface area contributed by atoms with Gasteiger partial charge in [0.2, 0.25) is 0 Å². The van der Waals surface area contributed by atoms with Crippen LogP contribution in [0.1, 0.15) is 24.8 Å². The molecule has 0 spiro atoms. The molecule has 1 heterocycles. The average molecular weight is 285 g/mol. The fraction of sp³-hybridized carbons (Fsp3) is 0.471. The van der Waals surface area contributed by atoms with Crippen molar-refractivity contribution in [2.75, 3.05) is 19.0 Å². The standard InChI is InChI=1S/C17H23N3O/c1-11-8-17(19-15-5-3-4-12(15)10-18)20-16-7-6-13(21-2)9-14(11)16/h6-9,12,15H,3-5,10,18H2,1-2H3,(H,19,20)/t12-,15+/m1/s1. The van der Waals surface area contributed by atoms with Gasteiger partial charge in [0, 0.05) is 11.4 Å². The van der Waals surface area contributed by atoms with E-state index < -0.39 is 0 Å². The lowest BCUT2D eigenvalue weighted by Crippen LogP contribution is -2.29. The molecule has 0 saturated heterocycles. The second kappa shape index (κ2) is 5.90. The molecule has 0 amide bonds. The van der Waals surface area contributed by atoms with Crippen LogP contribution in [0, 0.1) is 12.8 Å². The Morgan fingerprint density at radius 3 is 2.95 bits per heavy atom. The molecule has 1 saturated carbocycles. The number of nitrogens with two attached hydrogens (primary N) is 1. The van der Waals surface area contributed by atoms with Crippen LogP contribution in [-0.2, 0) is 0 Å². The summed E-state index contributed by atoms with van der Waals surface area (Å²) in [6, 6.07) is 8.59. The van der Waals surface area contributed by atoms with Crippen LogP contribution in [0.3, 0.4) is 0 Å². The predicted molar refractivity (Wildman–Crippen MR) is 86.8 cm³/mol. The maximum absolute atomic E-state index is 5.86. The Kier molecular flexibility index (Phi) is 3.97. The van der Waals surface area contributed by atoms with Crippen molar-refractivity contribution in [1.82, 2.24) is 4.98 Å². The SMILES string of the molecule is COc1ccc2nc(N[C@H]3CCC[C@@H]3CN)cc(C)c2c1. The molecular weight excluding hydrogens is 262 g/mol. The summed E-state index contributed by atoms with van der Waals surface area (Å²) in [6.45, 7) is 2.87. The van der Waals surface area contributed by atoms with Gasteiger partial charge >= 0.3 is 0 Å². The molecule has 0 bridgehead atoms. The van der Waals surface area contributed by atoms with Crippen molar-refractivity contribution >= 4 is 16.7 Å². The zero-order chi connectivity index (χ0) is 14.8. The van der Waals surface area contributed by atoms with Gasteiger partial charge in [0.25, 0.3) is 0 Å². The fourth-order valence-corrected chi connectivity index (χ4v) is 3.27. The van der Waals surface area contributed by atoms with E-state index in [1.165, 1.54) is 24.8 Å². The normalized spacial score (nSPS) is 21.7. The van der Waals surface area contributed by atoms with Crippen molar-refractivity contribution in [2.45, 2.75) is 32.2 Å². The van der Waals surface area contributed by atoms with Crippen LogP contribution in [0.2, 0.25) is 0 Å². The number of aromatic nitrogens is 1. The van der Waals surface area contributed by atoms with Gasteiger partial charge in [0.05, 0.1) is 12.6 Å². The van der Waals surface area contributed by atoms with Gasteiger partial charge in [-0.15, -0.1) is 0 Å². The highest BCUT2D eigenvalue weighted by Gasteiger charge is 2.26. The maximum atomic E-state index is 5.86. The molecule has 1 aliphatic carbocycles. The van der Waals surface area contributed by atoms with Gasteiger partial charge in [-0.2, -0.15) is 0 Å². The number of aryl methyl sites for hydroxylation is 1. The van der Waals surface area contributed by atoms with Gasteiger partial charge in [-0.1, -0.05) is 6.42 Å². The lowest BCUT2D eigenvalue weighted by atomic mass is 10.0. The highest BCUT2D eigenvalue weighted by molar-refractivity contribution is 5.85. The number of pyridine rings is 1. The maximum Gasteiger partial charge on any atom is 0.127 e. The van der Waals surface area contributed by atoms with Gasteiger partial charge in [0.1, 0.15) is 11.6 Å². The van der Waals surface area contributed by atoms with Crippen molar-refractivity contribution < 1.29 is 4.74 Å². The Bertz CT molecular complexity index is 641. The average Bonchev–Trinajstić information content (AvgIpc) is 2.94. The summed E-state index contributed by atoms with van der Waals surface area (Å²) in [5, 5.41) is 4.72. The Labute approximate surface area is 125 Å². The van der Waals surface area contributed by atoms with E-state index in [1.807, 2.05) is 18.2 Å². The predicted octanol–water partition coefficient (Wildman–Crippen LogP) is 3.09. The highest BCUT2D eigenvalue weighted by Crippen LogP contribution is 2.29. The number of hydrogen-bond donors (Lipinski definition) is 2. The van der Waals surface area contributed by atoms with E-state index in [2.05, 4.69) is 18.3 Å². The van der Waals surface area contributed by atoms with Crippen molar-refractivity contribution in [2.24, 2.45) is 11.7 Å². The second-order valence-corrected chi connectivity index (χ2v) is 5.88. The molecule has 0 unspecified atom stereocenters. The quantitative estimate of drug-likeness (QED) is 0.906. The summed E-state index contributed by atoms with van der Waals surface area (Å²) in [7, 11) is 1.69. The zero-order valence-corrected chi connectivity index (χ0v) is 12.7. The fourth-order valence-electron chi connectivity index (χ4n) is 3.27. The minimum Gasteiger partial charge on any atom is -0.497 e. The van der Waals surface area contributed by atoms with Crippen LogP contribution in [0.15, 0.2) is 24.3 Å². The Morgan fingerprint density at radius 2 is 2.19 bits per heavy atom. The highest BCUT2D eigenvalue weighted by atomic mass is 16.5. The third-order valence-electron chi connectivity index (χ3n) is 4.52. The summed E-state index contributed by atoms with van der Waals surface area (Å²) in [4.78, 5) is 4.74. The molecule has 4 nitrogen and oxygen atoms in total. The van der Waals surface area contributed by atoms with Crippen LogP contribution >= 0.6 is 0 Å². The van der Waals surface area contributed by atoms with E-state index in [1.54, 1.807) is 7.11 Å². The molecule has 3 rings (SSSR count). The molecule has 2 atom stereocenters. The van der Waals surface area contributed by atoms with Crippen molar-refractivity contribution in [3.05, 3.63) is 29.8 Å². The van der Waals surface area contributed by atoms with Crippen LogP contribution in [0.4, 0.5) is 5.82 Å². The van der Waals surface area contributed by atoms with Gasteiger partial charge < -0.3 is 15.8 Å². The third kappa shape index (κ3) is 2.81. The molecule has 4 heteroatoms. The molecule has 2 aromatic rings. The number of nitrogens with one attached hydrogen (secondary N) is 1. The Hall–Kier alpha value is -1.81. The van der Waals surface area contributed by atoms with Gasteiger partial charge in [-0.05, 0) is 62.1 Å². The van der Waals surface area contributed by atoms with Crippen molar-refractivity contribution in [3.8, 4) is 5.75 Å². The number of fused-ring (bicyclic) bond motifs is 1. The molecule has 1 aromatic carbocycles. The molecule has 0 radical (unpaired) electrons. The van der Waals surface area contributed by atoms with E-state index in [9.17, 15) is 0 Å². The summed E-state index contributed by atoms with van der Waals surface area (Å²) in [6.07, 6.45) is 3.66. The first kappa shape index (κ1) is 14.1. The summed E-state index contributed by atoms with van der Waals surface area (Å²) < 4.78 is 5.29. The Balaban J connectivity index is 1.90. The lowest BCUT2D eigenvalue weighted by Gasteiger charge is -2.20. The molecular formula is C17H23N3O. The van der Waals surface area contributed by atoms with Crippen molar-refractivity contribution in [1.29, 1.82) is 0 Å². The van der Waals surface area contributed by atoms with E-state index in [-0.39, 0.29) is 0 Å². The number of rotatable bonds is 4. The van der Waals surface area contributed by atoms with Gasteiger partial charge in [0.15, 0.2) is 0 Å². The largest absolute Gasteiger partial charge is 0.497 e. The summed E-state index contributed by atoms with van der Waals surface area (Å²) in [5.41, 5.74) is 8.07. The minimum atomic E-state index is 0.456. The Morgan fingerprint density at radius 1 is 1.33 bits per heavy atom. The number of nitrogens with zero attached hydrogens (tertiary/aromatic N) is 1. The molecule has 112 valence electrons. The third-order valence-corrected chi connectivity index (χ3v) is 4.52. The molecule has 21 heavy (non-hydrogen) atoms. The first-order valence-electron chi connectivity index (χ1n) is 7.63. The van der Waals surface area contributed by atoms with Crippen LogP contribution in [0.25, 0.3) is 10.9 Å². The van der Waals surface area contributed by atoms with Crippen LogP contribution in [0.5, 0.6) is 5.75 Å². The van der Waals surface area contributed by atoms with Crippen molar-refractivity contribution in [3.63, 3.8) is 0 Å². The van der Waals surface area contributed by atoms with E-state index in [0.29, 0.717) is 12.0 Å². The number of hydrogen-bond acceptors (Lipinski definition) is 4. The molecule has 1 fully saturated rings. The summed E-state index contributed by atoms with van der Waals surface area (Å²) in [5.74, 6) is 2.39. The monoisotopic (exact) mass is 285 g/mol.